The maximum Gasteiger partial charge on any atom is 0.387 e. The lowest BCUT2D eigenvalue weighted by Gasteiger charge is -2.13. The minimum atomic E-state index is -3.16. The minimum absolute atomic E-state index is 0.0277. The fraction of sp³-hybridized carbons (Fsp3) is 0.208. The smallest absolute Gasteiger partial charge is 0.387 e. The van der Waals surface area contributed by atoms with Gasteiger partial charge in [-0.3, -0.25) is 9.36 Å². The Morgan fingerprint density at radius 3 is 2.09 bits per heavy atom. The van der Waals surface area contributed by atoms with Gasteiger partial charge in [-0.25, -0.2) is 0 Å². The van der Waals surface area contributed by atoms with E-state index in [2.05, 4.69) is 0 Å². The molecular weight excluding hydrogens is 436 g/mol. The quantitative estimate of drug-likeness (QED) is 0.383. The van der Waals surface area contributed by atoms with Crippen molar-refractivity contribution < 1.29 is 38.0 Å². The van der Waals surface area contributed by atoms with Crippen molar-refractivity contribution in [1.82, 2.24) is 4.57 Å². The molecule has 0 aliphatic rings. The van der Waals surface area contributed by atoms with Crippen LogP contribution in [0.15, 0.2) is 48.5 Å². The molecule has 0 atom stereocenters. The van der Waals surface area contributed by atoms with Crippen molar-refractivity contribution in [1.29, 1.82) is 0 Å². The topological polar surface area (TPSA) is 90.2 Å². The molecule has 0 saturated heterocycles. The second-order valence-corrected chi connectivity index (χ2v) is 7.17. The summed E-state index contributed by atoms with van der Waals surface area (Å²) in [4.78, 5) is 11.7. The van der Waals surface area contributed by atoms with Gasteiger partial charge >= 0.3 is 12.6 Å². The lowest BCUT2D eigenvalue weighted by Crippen LogP contribution is -2.07. The van der Waals surface area contributed by atoms with Gasteiger partial charge in [-0.15, -0.1) is 0 Å². The predicted molar refractivity (Wildman–Crippen MR) is 118 cm³/mol. The molecule has 33 heavy (non-hydrogen) atoms. The van der Waals surface area contributed by atoms with Crippen molar-refractivity contribution in [2.75, 3.05) is 13.7 Å². The molecule has 0 bridgehead atoms. The maximum atomic E-state index is 13.3. The van der Waals surface area contributed by atoms with Gasteiger partial charge in [0, 0.05) is 10.8 Å². The van der Waals surface area contributed by atoms with Crippen molar-refractivity contribution in [3.8, 4) is 28.9 Å². The Labute approximate surface area is 187 Å². The Hall–Kier alpha value is -4.01. The number of hydrogen-bond donors (Lipinski definition) is 2. The normalized spacial score (nSPS) is 11.3. The highest BCUT2D eigenvalue weighted by Gasteiger charge is 2.28. The molecule has 0 amide bonds. The van der Waals surface area contributed by atoms with Crippen LogP contribution in [0, 0.1) is 0 Å². The Balaban J connectivity index is 1.94. The van der Waals surface area contributed by atoms with E-state index in [9.17, 15) is 23.8 Å². The average Bonchev–Trinajstić information content (AvgIpc) is 3.05. The maximum absolute atomic E-state index is 13.3. The van der Waals surface area contributed by atoms with Crippen molar-refractivity contribution in [2.45, 2.75) is 20.0 Å². The molecule has 7 nitrogen and oxygen atoms in total. The zero-order valence-corrected chi connectivity index (χ0v) is 17.8. The number of benzene rings is 3. The Morgan fingerprint density at radius 2 is 1.55 bits per heavy atom. The van der Waals surface area contributed by atoms with E-state index in [1.807, 2.05) is 0 Å². The number of fused-ring (bicyclic) bond motifs is 2. The summed E-state index contributed by atoms with van der Waals surface area (Å²) in [7, 11) is 1.38. The van der Waals surface area contributed by atoms with Crippen LogP contribution in [-0.4, -0.2) is 41.1 Å². The molecule has 0 fully saturated rings. The van der Waals surface area contributed by atoms with Crippen LogP contribution in [-0.2, 0) is 16.0 Å². The number of methoxy groups -OCH3 is 1. The van der Waals surface area contributed by atoms with Gasteiger partial charge in [-0.1, -0.05) is 36.4 Å². The van der Waals surface area contributed by atoms with E-state index in [1.165, 1.54) is 7.11 Å². The van der Waals surface area contributed by atoms with Gasteiger partial charge < -0.3 is 24.4 Å². The van der Waals surface area contributed by atoms with Crippen LogP contribution in [0.4, 0.5) is 8.78 Å². The lowest BCUT2D eigenvalue weighted by atomic mass is 10.0. The molecule has 1 heterocycles. The molecule has 0 aliphatic carbocycles. The van der Waals surface area contributed by atoms with Gasteiger partial charge in [0.05, 0.1) is 36.6 Å². The fourth-order valence-electron chi connectivity index (χ4n) is 3.94. The van der Waals surface area contributed by atoms with Gasteiger partial charge in [0.1, 0.15) is 11.5 Å². The number of carbonyl (C=O) groups excluding carboxylic acids is 1. The molecule has 0 saturated carbocycles. The molecule has 2 N–H and O–H groups in total. The van der Waals surface area contributed by atoms with Crippen LogP contribution in [0.3, 0.4) is 0 Å². The van der Waals surface area contributed by atoms with Crippen molar-refractivity contribution in [3.63, 3.8) is 0 Å². The molecule has 3 aromatic carbocycles. The molecule has 172 valence electrons. The summed E-state index contributed by atoms with van der Waals surface area (Å²) in [5, 5.41) is 22.7. The van der Waals surface area contributed by atoms with Gasteiger partial charge in [-0.2, -0.15) is 8.78 Å². The number of rotatable bonds is 7. The standard InChI is InChI=1S/C24H21F2NO6/c1-3-32-17(28)12-13-8-10-14(11-9-13)27-22(29)18-19(23(27)30)21(33-24(25)26)16-7-5-4-6-15(16)20(18)31-2/h4-11,24,29-30H,3,12H2,1-2H3. The van der Waals surface area contributed by atoms with E-state index in [0.717, 1.165) is 4.57 Å². The summed E-state index contributed by atoms with van der Waals surface area (Å²) in [5.74, 6) is -1.37. The third-order valence-corrected chi connectivity index (χ3v) is 5.25. The van der Waals surface area contributed by atoms with Gasteiger partial charge in [-0.05, 0) is 24.6 Å². The first-order valence-corrected chi connectivity index (χ1v) is 10.1. The van der Waals surface area contributed by atoms with Crippen LogP contribution >= 0.6 is 0 Å². The Morgan fingerprint density at radius 1 is 0.970 bits per heavy atom. The van der Waals surface area contributed by atoms with E-state index < -0.39 is 18.4 Å². The summed E-state index contributed by atoms with van der Waals surface area (Å²) in [5.41, 5.74) is 1.00. The van der Waals surface area contributed by atoms with Crippen LogP contribution in [0.1, 0.15) is 12.5 Å². The fourth-order valence-corrected chi connectivity index (χ4v) is 3.94. The third-order valence-electron chi connectivity index (χ3n) is 5.25. The lowest BCUT2D eigenvalue weighted by molar-refractivity contribution is -0.142. The van der Waals surface area contributed by atoms with E-state index in [-0.39, 0.29) is 41.3 Å². The summed E-state index contributed by atoms with van der Waals surface area (Å²) in [6, 6.07) is 13.0. The van der Waals surface area contributed by atoms with Crippen LogP contribution in [0.5, 0.6) is 23.3 Å². The van der Waals surface area contributed by atoms with E-state index in [0.29, 0.717) is 22.0 Å². The number of aromatic hydroxyl groups is 2. The van der Waals surface area contributed by atoms with Gasteiger partial charge in [0.15, 0.2) is 0 Å². The second-order valence-electron chi connectivity index (χ2n) is 7.17. The molecular formula is C24H21F2NO6. The van der Waals surface area contributed by atoms with Gasteiger partial charge in [0.25, 0.3) is 0 Å². The summed E-state index contributed by atoms with van der Waals surface area (Å²) >= 11 is 0. The van der Waals surface area contributed by atoms with E-state index >= 15 is 0 Å². The Kier molecular flexibility index (Phi) is 5.95. The zero-order valence-electron chi connectivity index (χ0n) is 17.8. The Bertz CT molecular complexity index is 1330. The number of halogens is 2. The number of nitrogens with zero attached hydrogens (tertiary/aromatic N) is 1. The SMILES string of the molecule is CCOC(=O)Cc1ccc(-n2c(O)c3c(OC)c4ccccc4c(OC(F)F)c3c2O)cc1. The third kappa shape index (κ3) is 3.86. The van der Waals surface area contributed by atoms with Crippen molar-refractivity contribution >= 4 is 27.5 Å². The number of esters is 1. The first-order chi connectivity index (χ1) is 15.9. The van der Waals surface area contributed by atoms with E-state index in [4.69, 9.17) is 14.2 Å². The van der Waals surface area contributed by atoms with Crippen LogP contribution in [0.25, 0.3) is 27.2 Å². The zero-order chi connectivity index (χ0) is 23.7. The largest absolute Gasteiger partial charge is 0.495 e. The molecule has 0 spiro atoms. The highest BCUT2D eigenvalue weighted by molar-refractivity contribution is 6.15. The average molecular weight is 457 g/mol. The first kappa shape index (κ1) is 22.2. The van der Waals surface area contributed by atoms with Crippen LogP contribution < -0.4 is 9.47 Å². The van der Waals surface area contributed by atoms with E-state index in [1.54, 1.807) is 55.5 Å². The number of carbonyl (C=O) groups is 1. The van der Waals surface area contributed by atoms with Gasteiger partial charge in [0.2, 0.25) is 11.8 Å². The molecule has 1 aromatic heterocycles. The van der Waals surface area contributed by atoms with Crippen molar-refractivity contribution in [3.05, 3.63) is 54.1 Å². The first-order valence-electron chi connectivity index (χ1n) is 10.1. The number of hydrogen-bond acceptors (Lipinski definition) is 6. The predicted octanol–water partition coefficient (Wildman–Crippen LogP) is 4.91. The summed E-state index contributed by atoms with van der Waals surface area (Å²) < 4.78 is 42.9. The van der Waals surface area contributed by atoms with Crippen LogP contribution in [0.2, 0.25) is 0 Å². The number of ether oxygens (including phenoxy) is 3. The van der Waals surface area contributed by atoms with Crippen molar-refractivity contribution in [2.24, 2.45) is 0 Å². The summed E-state index contributed by atoms with van der Waals surface area (Å²) in [6.07, 6.45) is 0.0608. The summed E-state index contributed by atoms with van der Waals surface area (Å²) in [6.45, 7) is -1.17. The highest BCUT2D eigenvalue weighted by atomic mass is 19.3. The molecule has 4 rings (SSSR count). The number of alkyl halides is 2. The molecule has 9 heteroatoms. The molecule has 4 aromatic rings. The minimum Gasteiger partial charge on any atom is -0.495 e. The molecule has 0 radical (unpaired) electrons. The number of aromatic nitrogens is 1. The molecule has 0 unspecified atom stereocenters. The monoisotopic (exact) mass is 457 g/mol. The highest BCUT2D eigenvalue weighted by Crippen LogP contribution is 2.52. The molecule has 0 aliphatic heterocycles. The second kappa shape index (κ2) is 8.85.